The molecule has 0 saturated carbocycles. The fourth-order valence-electron chi connectivity index (χ4n) is 1.61. The number of aromatic nitrogens is 1. The Morgan fingerprint density at radius 1 is 1.48 bits per heavy atom. The summed E-state index contributed by atoms with van der Waals surface area (Å²) in [4.78, 5) is 24.4. The van der Waals surface area contributed by atoms with E-state index in [1.54, 1.807) is 25.1 Å². The summed E-state index contributed by atoms with van der Waals surface area (Å²) < 4.78 is 4.87. The summed E-state index contributed by atoms with van der Waals surface area (Å²) in [6.07, 6.45) is 0.507. The maximum atomic E-state index is 12.0. The van der Waals surface area contributed by atoms with Crippen molar-refractivity contribution in [2.45, 2.75) is 26.3 Å². The molecule has 8 heteroatoms. The van der Waals surface area contributed by atoms with Crippen LogP contribution in [0.25, 0.3) is 0 Å². The molecule has 0 spiro atoms. The van der Waals surface area contributed by atoms with E-state index in [0.29, 0.717) is 22.9 Å². The van der Waals surface area contributed by atoms with Gasteiger partial charge in [-0.2, -0.15) is 0 Å². The normalized spacial score (nSPS) is 11.9. The van der Waals surface area contributed by atoms with Gasteiger partial charge >= 0.3 is 0 Å². The van der Waals surface area contributed by atoms with E-state index in [4.69, 9.17) is 4.52 Å². The molecule has 0 fully saturated rings. The lowest BCUT2D eigenvalue weighted by atomic mass is 10.2. The maximum absolute atomic E-state index is 12.0. The smallest absolute Gasteiger partial charge is 0.275 e. The van der Waals surface area contributed by atoms with Crippen LogP contribution in [0.4, 0.5) is 5.82 Å². The summed E-state index contributed by atoms with van der Waals surface area (Å²) in [5, 5.41) is 8.12. The summed E-state index contributed by atoms with van der Waals surface area (Å²) in [5.41, 5.74) is 5.25. The lowest BCUT2D eigenvalue weighted by molar-refractivity contribution is -0.118. The van der Waals surface area contributed by atoms with Gasteiger partial charge < -0.3 is 9.84 Å². The molecule has 21 heavy (non-hydrogen) atoms. The van der Waals surface area contributed by atoms with Gasteiger partial charge in [-0.3, -0.25) is 15.0 Å². The number of aryl methyl sites for hydroxylation is 1. The fourth-order valence-corrected chi connectivity index (χ4v) is 2.23. The summed E-state index contributed by atoms with van der Waals surface area (Å²) in [7, 11) is 0. The van der Waals surface area contributed by atoms with Crippen molar-refractivity contribution in [1.29, 1.82) is 0 Å². The zero-order valence-electron chi connectivity index (χ0n) is 11.7. The summed E-state index contributed by atoms with van der Waals surface area (Å²) in [6.45, 7) is 3.57. The van der Waals surface area contributed by atoms with Gasteiger partial charge in [-0.1, -0.05) is 18.1 Å². The van der Waals surface area contributed by atoms with Crippen molar-refractivity contribution in [3.63, 3.8) is 0 Å². The number of carbonyl (C=O) groups excluding carboxylic acids is 2. The number of hydrogen-bond donors (Lipinski definition) is 3. The molecule has 0 bridgehead atoms. The highest BCUT2D eigenvalue weighted by Crippen LogP contribution is 2.09. The van der Waals surface area contributed by atoms with Crippen molar-refractivity contribution in [2.75, 3.05) is 5.32 Å². The van der Waals surface area contributed by atoms with Gasteiger partial charge in [0.05, 0.1) is 4.88 Å². The number of amides is 2. The monoisotopic (exact) mass is 308 g/mol. The Balaban J connectivity index is 1.87. The van der Waals surface area contributed by atoms with E-state index in [9.17, 15) is 9.59 Å². The Morgan fingerprint density at radius 2 is 2.29 bits per heavy atom. The topological polar surface area (TPSA) is 96.3 Å². The van der Waals surface area contributed by atoms with Crippen LogP contribution in [-0.4, -0.2) is 23.0 Å². The molecule has 0 aliphatic rings. The first-order valence-electron chi connectivity index (χ1n) is 6.43. The highest BCUT2D eigenvalue weighted by atomic mass is 32.1. The van der Waals surface area contributed by atoms with E-state index in [1.807, 2.05) is 12.3 Å². The molecule has 2 rings (SSSR count). The molecule has 7 nitrogen and oxygen atoms in total. The average Bonchev–Trinajstić information content (AvgIpc) is 3.11. The number of nitrogens with one attached hydrogen (secondary N) is 3. The maximum Gasteiger partial charge on any atom is 0.275 e. The number of anilines is 1. The van der Waals surface area contributed by atoms with Gasteiger partial charge in [0.2, 0.25) is 5.91 Å². The highest BCUT2D eigenvalue weighted by Gasteiger charge is 2.18. The summed E-state index contributed by atoms with van der Waals surface area (Å²) in [6, 6.07) is 4.55. The quantitative estimate of drug-likeness (QED) is 0.706. The van der Waals surface area contributed by atoms with E-state index in [2.05, 4.69) is 21.3 Å². The molecule has 1 unspecified atom stereocenters. The predicted octanol–water partition coefficient (Wildman–Crippen LogP) is 1.70. The number of thiophene rings is 1. The summed E-state index contributed by atoms with van der Waals surface area (Å²) >= 11 is 1.33. The van der Waals surface area contributed by atoms with Crippen LogP contribution in [0.3, 0.4) is 0 Å². The van der Waals surface area contributed by atoms with Gasteiger partial charge in [0.25, 0.3) is 5.91 Å². The van der Waals surface area contributed by atoms with Crippen molar-refractivity contribution in [3.8, 4) is 0 Å². The van der Waals surface area contributed by atoms with E-state index in [-0.39, 0.29) is 11.8 Å². The first-order valence-corrected chi connectivity index (χ1v) is 7.31. The third-order valence-corrected chi connectivity index (χ3v) is 3.58. The largest absolute Gasteiger partial charge is 0.360 e. The fraction of sp³-hybridized carbons (Fsp3) is 0.308. The van der Waals surface area contributed by atoms with Crippen LogP contribution < -0.4 is 16.2 Å². The van der Waals surface area contributed by atoms with Crippen LogP contribution in [0.5, 0.6) is 0 Å². The molecule has 2 heterocycles. The van der Waals surface area contributed by atoms with Crippen molar-refractivity contribution in [3.05, 3.63) is 34.2 Å². The Kier molecular flexibility index (Phi) is 5.07. The standard InChI is InChI=1S/C13H16N4O3S/c1-3-9(12(18)14-11-7-8(2)20-17-11)15-16-13(19)10-5-4-6-21-10/h4-7,9,15H,3H2,1-2H3,(H,16,19)(H,14,17,18). The molecule has 2 aromatic rings. The first kappa shape index (κ1) is 15.2. The molecule has 112 valence electrons. The molecule has 2 amide bonds. The number of hydrazine groups is 1. The minimum Gasteiger partial charge on any atom is -0.360 e. The first-order chi connectivity index (χ1) is 10.1. The van der Waals surface area contributed by atoms with E-state index in [0.717, 1.165) is 0 Å². The predicted molar refractivity (Wildman–Crippen MR) is 78.9 cm³/mol. The van der Waals surface area contributed by atoms with Crippen LogP contribution in [0.1, 0.15) is 28.8 Å². The van der Waals surface area contributed by atoms with Crippen molar-refractivity contribution in [1.82, 2.24) is 16.0 Å². The van der Waals surface area contributed by atoms with E-state index < -0.39 is 6.04 Å². The Bertz CT molecular complexity index is 609. The van der Waals surface area contributed by atoms with Crippen LogP contribution in [-0.2, 0) is 4.79 Å². The van der Waals surface area contributed by atoms with Crippen LogP contribution >= 0.6 is 11.3 Å². The average molecular weight is 308 g/mol. The lowest BCUT2D eigenvalue weighted by Gasteiger charge is -2.16. The molecule has 2 aromatic heterocycles. The molecule has 0 aromatic carbocycles. The van der Waals surface area contributed by atoms with Gasteiger partial charge in [-0.25, -0.2) is 5.43 Å². The van der Waals surface area contributed by atoms with Gasteiger partial charge in [-0.05, 0) is 24.8 Å². The number of rotatable bonds is 6. The molecular weight excluding hydrogens is 292 g/mol. The van der Waals surface area contributed by atoms with Crippen molar-refractivity contribution >= 4 is 29.0 Å². The van der Waals surface area contributed by atoms with Crippen LogP contribution in [0.2, 0.25) is 0 Å². The van der Waals surface area contributed by atoms with Crippen molar-refractivity contribution < 1.29 is 14.1 Å². The van der Waals surface area contributed by atoms with Gasteiger partial charge in [0.1, 0.15) is 11.8 Å². The Morgan fingerprint density at radius 3 is 2.86 bits per heavy atom. The second kappa shape index (κ2) is 7.00. The molecule has 3 N–H and O–H groups in total. The molecular formula is C13H16N4O3S. The molecule has 0 aliphatic carbocycles. The summed E-state index contributed by atoms with van der Waals surface area (Å²) in [5.74, 6) is 0.394. The van der Waals surface area contributed by atoms with Crippen LogP contribution in [0, 0.1) is 6.92 Å². The van der Waals surface area contributed by atoms with E-state index >= 15 is 0 Å². The second-order valence-electron chi connectivity index (χ2n) is 4.35. The molecule has 0 saturated heterocycles. The molecule has 1 atom stereocenters. The molecule has 0 aliphatic heterocycles. The zero-order chi connectivity index (χ0) is 15.2. The lowest BCUT2D eigenvalue weighted by Crippen LogP contribution is -2.49. The second-order valence-corrected chi connectivity index (χ2v) is 5.30. The Hall–Kier alpha value is -2.19. The SMILES string of the molecule is CCC(NNC(=O)c1cccs1)C(=O)Nc1cc(C)on1. The van der Waals surface area contributed by atoms with Gasteiger partial charge in [0, 0.05) is 6.07 Å². The third kappa shape index (κ3) is 4.14. The number of carbonyl (C=O) groups is 2. The number of nitrogens with zero attached hydrogens (tertiary/aromatic N) is 1. The molecule has 0 radical (unpaired) electrons. The minimum absolute atomic E-state index is 0.270. The minimum atomic E-state index is -0.564. The van der Waals surface area contributed by atoms with Crippen LogP contribution in [0.15, 0.2) is 28.1 Å². The number of hydrogen-bond acceptors (Lipinski definition) is 6. The Labute approximate surface area is 125 Å². The van der Waals surface area contributed by atoms with E-state index in [1.165, 1.54) is 11.3 Å². The highest BCUT2D eigenvalue weighted by molar-refractivity contribution is 7.12. The third-order valence-electron chi connectivity index (χ3n) is 2.71. The van der Waals surface area contributed by atoms with Crippen molar-refractivity contribution in [2.24, 2.45) is 0 Å². The van der Waals surface area contributed by atoms with Gasteiger partial charge in [-0.15, -0.1) is 11.3 Å². The zero-order valence-corrected chi connectivity index (χ0v) is 12.5. The van der Waals surface area contributed by atoms with Gasteiger partial charge in [0.15, 0.2) is 5.82 Å².